The van der Waals surface area contributed by atoms with Crippen LogP contribution < -0.4 is 5.32 Å². The maximum Gasteiger partial charge on any atom is 0.239 e. The predicted octanol–water partition coefficient (Wildman–Crippen LogP) is 4.22. The number of nitrogens with one attached hydrogen (secondary N) is 1. The number of carbonyl (C=O) groups is 1. The molecule has 1 aliphatic heterocycles. The Morgan fingerprint density at radius 2 is 2.17 bits per heavy atom. The molecule has 1 atom stereocenters. The molecule has 1 N–H and O–H groups in total. The summed E-state index contributed by atoms with van der Waals surface area (Å²) in [6.45, 7) is 0. The van der Waals surface area contributed by atoms with Crippen molar-refractivity contribution in [3.63, 3.8) is 0 Å². The van der Waals surface area contributed by atoms with Crippen LogP contribution in [0.2, 0.25) is 10.0 Å². The monoisotopic (exact) mass is 383 g/mol. The van der Waals surface area contributed by atoms with Gasteiger partial charge in [-0.1, -0.05) is 47.1 Å². The summed E-state index contributed by atoms with van der Waals surface area (Å²) in [7, 11) is 0. The average molecular weight is 384 g/mol. The van der Waals surface area contributed by atoms with E-state index in [1.807, 2.05) is 23.6 Å². The van der Waals surface area contributed by atoms with Crippen molar-refractivity contribution in [1.82, 2.24) is 5.32 Å². The van der Waals surface area contributed by atoms with Crippen LogP contribution >= 0.6 is 46.3 Å². The summed E-state index contributed by atoms with van der Waals surface area (Å²) in [4.78, 5) is 13.0. The van der Waals surface area contributed by atoms with Crippen molar-refractivity contribution in [3.8, 4) is 0 Å². The quantitative estimate of drug-likeness (QED) is 0.634. The van der Waals surface area contributed by atoms with Gasteiger partial charge in [0.05, 0.1) is 11.5 Å². The van der Waals surface area contributed by atoms with Gasteiger partial charge in [0, 0.05) is 14.9 Å². The molecule has 1 aromatic carbocycles. The molecule has 4 nitrogen and oxygen atoms in total. The first kappa shape index (κ1) is 16.5. The molecule has 0 aliphatic carbocycles. The Kier molecular flexibility index (Phi) is 5.38. The van der Waals surface area contributed by atoms with E-state index in [9.17, 15) is 4.79 Å². The molecule has 23 heavy (non-hydrogen) atoms. The molecule has 118 valence electrons. The summed E-state index contributed by atoms with van der Waals surface area (Å²) in [5.41, 5.74) is 0.882. The van der Waals surface area contributed by atoms with Crippen LogP contribution in [0.25, 0.3) is 0 Å². The normalized spacial score (nSPS) is 19.7. The molecule has 0 radical (unpaired) electrons. The number of halogens is 2. The minimum absolute atomic E-state index is 0.0916. The van der Waals surface area contributed by atoms with E-state index in [1.54, 1.807) is 29.7 Å². The Balaban J connectivity index is 1.65. The second-order valence-corrected chi connectivity index (χ2v) is 7.72. The van der Waals surface area contributed by atoms with Crippen molar-refractivity contribution in [2.45, 2.75) is 11.7 Å². The smallest absolute Gasteiger partial charge is 0.239 e. The van der Waals surface area contributed by atoms with Crippen LogP contribution in [0, 0.1) is 0 Å². The number of hydrogen-bond donors (Lipinski definition) is 1. The fraction of sp³-hybridized carbons (Fsp3) is 0.133. The van der Waals surface area contributed by atoms with E-state index >= 15 is 0 Å². The number of amides is 1. The highest BCUT2D eigenvalue weighted by Gasteiger charge is 2.30. The SMILES string of the molecule is O=C1N/C(=N\N=C/c2cccs2)S[C@H]1Cc1ccc(Cl)cc1Cl. The van der Waals surface area contributed by atoms with Gasteiger partial charge in [0.2, 0.25) is 5.91 Å². The number of thioether (sulfide) groups is 1. The Morgan fingerprint density at radius 3 is 2.91 bits per heavy atom. The summed E-state index contributed by atoms with van der Waals surface area (Å²) in [5, 5.41) is 14.1. The second kappa shape index (κ2) is 7.49. The Morgan fingerprint density at radius 1 is 1.30 bits per heavy atom. The first-order valence-corrected chi connectivity index (χ1v) is 9.19. The highest BCUT2D eigenvalue weighted by molar-refractivity contribution is 8.15. The molecule has 2 heterocycles. The average Bonchev–Trinajstić information content (AvgIpc) is 3.13. The lowest BCUT2D eigenvalue weighted by atomic mass is 10.1. The zero-order chi connectivity index (χ0) is 16.2. The van der Waals surface area contributed by atoms with Crippen LogP contribution in [-0.4, -0.2) is 22.5 Å². The van der Waals surface area contributed by atoms with Crippen LogP contribution in [0.5, 0.6) is 0 Å². The molecular formula is C15H11Cl2N3OS2. The summed E-state index contributed by atoms with van der Waals surface area (Å²) < 4.78 is 0. The van der Waals surface area contributed by atoms with E-state index in [1.165, 1.54) is 11.8 Å². The number of benzene rings is 1. The third-order valence-corrected chi connectivity index (χ3v) is 5.54. The lowest BCUT2D eigenvalue weighted by Gasteiger charge is -2.07. The van der Waals surface area contributed by atoms with Gasteiger partial charge in [0.15, 0.2) is 5.17 Å². The molecule has 8 heteroatoms. The zero-order valence-corrected chi connectivity index (χ0v) is 14.8. The van der Waals surface area contributed by atoms with Gasteiger partial charge in [0.1, 0.15) is 0 Å². The van der Waals surface area contributed by atoms with Gasteiger partial charge < -0.3 is 5.32 Å². The van der Waals surface area contributed by atoms with Gasteiger partial charge in [0.25, 0.3) is 0 Å². The lowest BCUT2D eigenvalue weighted by molar-refractivity contribution is -0.118. The van der Waals surface area contributed by atoms with Crippen molar-refractivity contribution >= 4 is 63.6 Å². The van der Waals surface area contributed by atoms with Crippen LogP contribution in [0.3, 0.4) is 0 Å². The summed E-state index contributed by atoms with van der Waals surface area (Å²) in [6.07, 6.45) is 2.17. The van der Waals surface area contributed by atoms with Crippen LogP contribution in [-0.2, 0) is 11.2 Å². The van der Waals surface area contributed by atoms with E-state index in [2.05, 4.69) is 15.5 Å². The molecule has 1 aliphatic rings. The number of rotatable bonds is 4. The molecule has 0 unspecified atom stereocenters. The van der Waals surface area contributed by atoms with E-state index in [-0.39, 0.29) is 11.2 Å². The first-order valence-electron chi connectivity index (χ1n) is 6.68. The van der Waals surface area contributed by atoms with Crippen molar-refractivity contribution < 1.29 is 4.79 Å². The lowest BCUT2D eigenvalue weighted by Crippen LogP contribution is -2.26. The van der Waals surface area contributed by atoms with E-state index < -0.39 is 0 Å². The molecule has 0 saturated carbocycles. The molecule has 2 aromatic rings. The maximum absolute atomic E-state index is 12.0. The van der Waals surface area contributed by atoms with E-state index in [0.717, 1.165) is 10.4 Å². The van der Waals surface area contributed by atoms with Crippen LogP contribution in [0.1, 0.15) is 10.4 Å². The standard InChI is InChI=1S/C15H11Cl2N3OS2/c16-10-4-3-9(12(17)7-10)6-13-14(21)19-15(23-13)20-18-8-11-2-1-5-22-11/h1-5,7-8,13H,6H2,(H,19,20,21)/b18-8-/t13-/m0/s1. The van der Waals surface area contributed by atoms with Crippen LogP contribution in [0.15, 0.2) is 45.9 Å². The third kappa shape index (κ3) is 4.35. The fourth-order valence-electron chi connectivity index (χ4n) is 1.98. The van der Waals surface area contributed by atoms with Crippen LogP contribution in [0.4, 0.5) is 0 Å². The van der Waals surface area contributed by atoms with Gasteiger partial charge in [-0.2, -0.15) is 5.10 Å². The fourth-order valence-corrected chi connectivity index (χ4v) is 3.99. The molecule has 1 aromatic heterocycles. The highest BCUT2D eigenvalue weighted by atomic mass is 35.5. The molecule has 1 fully saturated rings. The number of thiophene rings is 1. The van der Waals surface area contributed by atoms with Gasteiger partial charge >= 0.3 is 0 Å². The van der Waals surface area contributed by atoms with Gasteiger partial charge in [-0.15, -0.1) is 16.4 Å². The van der Waals surface area contributed by atoms with Crippen molar-refractivity contribution in [3.05, 3.63) is 56.2 Å². The van der Waals surface area contributed by atoms with E-state index in [0.29, 0.717) is 21.6 Å². The minimum Gasteiger partial charge on any atom is -0.303 e. The summed E-state index contributed by atoms with van der Waals surface area (Å²) >= 11 is 15.0. The first-order chi connectivity index (χ1) is 11.1. The Bertz CT molecular complexity index is 775. The Hall–Kier alpha value is -1.34. The number of hydrogen-bond acceptors (Lipinski definition) is 5. The molecule has 1 saturated heterocycles. The molecule has 0 spiro atoms. The molecular weight excluding hydrogens is 373 g/mol. The van der Waals surface area contributed by atoms with Gasteiger partial charge in [-0.05, 0) is 35.6 Å². The summed E-state index contributed by atoms with van der Waals surface area (Å²) in [5.74, 6) is -0.0916. The maximum atomic E-state index is 12.0. The van der Waals surface area contributed by atoms with Crippen molar-refractivity contribution in [1.29, 1.82) is 0 Å². The highest BCUT2D eigenvalue weighted by Crippen LogP contribution is 2.28. The third-order valence-electron chi connectivity index (χ3n) is 3.07. The van der Waals surface area contributed by atoms with Gasteiger partial charge in [-0.3, -0.25) is 4.79 Å². The Labute approximate surface area is 151 Å². The number of amidine groups is 1. The predicted molar refractivity (Wildman–Crippen MR) is 99.0 cm³/mol. The molecule has 1 amide bonds. The van der Waals surface area contributed by atoms with Crippen molar-refractivity contribution in [2.75, 3.05) is 0 Å². The molecule has 0 bridgehead atoms. The van der Waals surface area contributed by atoms with Crippen molar-refractivity contribution in [2.24, 2.45) is 10.2 Å². The number of carbonyl (C=O) groups excluding carboxylic acids is 1. The minimum atomic E-state index is -0.274. The largest absolute Gasteiger partial charge is 0.303 e. The molecule has 3 rings (SSSR count). The van der Waals surface area contributed by atoms with Gasteiger partial charge in [-0.25, -0.2) is 0 Å². The van der Waals surface area contributed by atoms with E-state index in [4.69, 9.17) is 23.2 Å². The summed E-state index contributed by atoms with van der Waals surface area (Å²) in [6, 6.07) is 9.16. The topological polar surface area (TPSA) is 53.8 Å². The number of nitrogens with zero attached hydrogens (tertiary/aromatic N) is 2. The second-order valence-electron chi connectivity index (χ2n) is 4.70. The zero-order valence-electron chi connectivity index (χ0n) is 11.7.